The molecule has 181 valence electrons. The molecule has 1 aliphatic heterocycles. The Kier molecular flexibility index (Phi) is 9.40. The summed E-state index contributed by atoms with van der Waals surface area (Å²) in [5, 5.41) is 2.67. The predicted octanol–water partition coefficient (Wildman–Crippen LogP) is 3.09. The second-order valence-corrected chi connectivity index (χ2v) is 12.8. The van der Waals surface area contributed by atoms with E-state index >= 15 is 0 Å². The first-order valence-corrected chi connectivity index (χ1v) is 14.1. The van der Waals surface area contributed by atoms with Gasteiger partial charge >= 0.3 is 0 Å². The molecule has 1 saturated heterocycles. The largest absolute Gasteiger partial charge is 0.379 e. The van der Waals surface area contributed by atoms with Gasteiger partial charge in [-0.05, 0) is 48.5 Å². The van der Waals surface area contributed by atoms with Gasteiger partial charge in [-0.2, -0.15) is 4.31 Å². The van der Waals surface area contributed by atoms with Gasteiger partial charge in [-0.1, -0.05) is 23.7 Å². The number of sulfonamides is 2. The van der Waals surface area contributed by atoms with Gasteiger partial charge in [0.25, 0.3) is 15.9 Å². The number of carbonyl (C=O) groups is 1. The number of amides is 1. The van der Waals surface area contributed by atoms with Crippen LogP contribution in [0.5, 0.6) is 0 Å². The number of benzene rings is 2. The van der Waals surface area contributed by atoms with Crippen LogP contribution >= 0.6 is 22.9 Å². The van der Waals surface area contributed by atoms with Crippen LogP contribution in [0.4, 0.5) is 11.4 Å². The minimum Gasteiger partial charge on any atom is -0.379 e. The molecule has 1 aliphatic rings. The van der Waals surface area contributed by atoms with Crippen molar-refractivity contribution in [1.82, 2.24) is 4.31 Å². The molecular weight excluding hydrogens is 545 g/mol. The molecular formula is C21H20ClN3NaO6S3. The number of morpholine rings is 1. The average molecular weight is 565 g/mol. The van der Waals surface area contributed by atoms with Gasteiger partial charge in [0.05, 0.1) is 33.7 Å². The minimum absolute atomic E-state index is 0. The molecule has 1 radical (unpaired) electrons. The molecule has 3 aromatic rings. The number of carbonyl (C=O) groups excluding carboxylic acids is 1. The molecule has 4 rings (SSSR count). The smallest absolute Gasteiger partial charge is 0.271 e. The van der Waals surface area contributed by atoms with Gasteiger partial charge in [-0.25, -0.2) is 16.8 Å². The number of nitrogens with one attached hydrogen (secondary N) is 2. The summed E-state index contributed by atoms with van der Waals surface area (Å²) in [4.78, 5) is 13.0. The Labute approximate surface area is 234 Å². The van der Waals surface area contributed by atoms with Crippen molar-refractivity contribution in [2.75, 3.05) is 36.3 Å². The van der Waals surface area contributed by atoms with E-state index in [2.05, 4.69) is 10.0 Å². The van der Waals surface area contributed by atoms with Crippen LogP contribution in [0.15, 0.2) is 69.8 Å². The molecule has 14 heteroatoms. The molecule has 9 nitrogen and oxygen atoms in total. The van der Waals surface area contributed by atoms with Gasteiger partial charge in [0.1, 0.15) is 4.21 Å². The fourth-order valence-corrected chi connectivity index (χ4v) is 7.22. The Morgan fingerprint density at radius 2 is 1.60 bits per heavy atom. The van der Waals surface area contributed by atoms with Crippen LogP contribution in [0.1, 0.15) is 10.4 Å². The maximum atomic E-state index is 12.9. The van der Waals surface area contributed by atoms with Crippen LogP contribution in [-0.4, -0.2) is 82.9 Å². The SMILES string of the molecule is O=C(Nc1ccc(S(=O)(=O)N2CCOCC2)cc1)c1ccccc1NS(=O)(=O)c1ccc(Cl)s1.[Na]. The zero-order valence-corrected chi connectivity index (χ0v) is 23.8. The molecule has 0 atom stereocenters. The molecule has 1 amide bonds. The zero-order chi connectivity index (χ0) is 24.3. The molecule has 0 unspecified atom stereocenters. The van der Waals surface area contributed by atoms with Crippen molar-refractivity contribution in [3.8, 4) is 0 Å². The fourth-order valence-electron chi connectivity index (χ4n) is 3.25. The van der Waals surface area contributed by atoms with Crippen molar-refractivity contribution >= 4 is 89.8 Å². The second kappa shape index (κ2) is 11.7. The molecule has 1 fully saturated rings. The van der Waals surface area contributed by atoms with E-state index in [0.717, 1.165) is 11.3 Å². The van der Waals surface area contributed by atoms with E-state index in [-0.39, 0.29) is 63.0 Å². The third kappa shape index (κ3) is 6.64. The molecule has 2 aromatic carbocycles. The Hall–Kier alpha value is -1.48. The van der Waals surface area contributed by atoms with Gasteiger partial charge in [0.15, 0.2) is 0 Å². The summed E-state index contributed by atoms with van der Waals surface area (Å²) in [6.45, 7) is 1.25. The summed E-state index contributed by atoms with van der Waals surface area (Å²) in [6, 6.07) is 14.8. The van der Waals surface area contributed by atoms with E-state index in [0.29, 0.717) is 23.2 Å². The van der Waals surface area contributed by atoms with Crippen molar-refractivity contribution in [1.29, 1.82) is 0 Å². The quantitative estimate of drug-likeness (QED) is 0.425. The number of ether oxygens (including phenoxy) is 1. The molecule has 2 heterocycles. The third-order valence-electron chi connectivity index (χ3n) is 4.95. The van der Waals surface area contributed by atoms with Crippen molar-refractivity contribution < 1.29 is 26.4 Å². The summed E-state index contributed by atoms with van der Waals surface area (Å²) < 4.78 is 60.1. The number of rotatable bonds is 7. The molecule has 35 heavy (non-hydrogen) atoms. The standard InChI is InChI=1S/C21H20ClN3O6S3.Na/c22-19-9-10-20(32-19)33(27,28)24-18-4-2-1-3-17(18)21(26)23-15-5-7-16(8-6-15)34(29,30)25-11-13-31-14-12-25;/h1-10,24H,11-14H2,(H,23,26);. The van der Waals surface area contributed by atoms with Gasteiger partial charge < -0.3 is 10.1 Å². The normalized spacial score (nSPS) is 14.7. The topological polar surface area (TPSA) is 122 Å². The monoisotopic (exact) mass is 564 g/mol. The van der Waals surface area contributed by atoms with Crippen molar-refractivity contribution in [3.63, 3.8) is 0 Å². The van der Waals surface area contributed by atoms with Crippen LogP contribution in [0.25, 0.3) is 0 Å². The molecule has 0 saturated carbocycles. The van der Waals surface area contributed by atoms with Crippen molar-refractivity contribution in [3.05, 3.63) is 70.6 Å². The number of thiophene rings is 1. The van der Waals surface area contributed by atoms with Crippen LogP contribution in [0.3, 0.4) is 0 Å². The Morgan fingerprint density at radius 1 is 0.943 bits per heavy atom. The van der Waals surface area contributed by atoms with E-state index < -0.39 is 26.0 Å². The van der Waals surface area contributed by atoms with Crippen molar-refractivity contribution in [2.45, 2.75) is 9.10 Å². The van der Waals surface area contributed by atoms with Gasteiger partial charge in [0.2, 0.25) is 10.0 Å². The van der Waals surface area contributed by atoms with Crippen molar-refractivity contribution in [2.24, 2.45) is 0 Å². The van der Waals surface area contributed by atoms with Crippen LogP contribution in [0, 0.1) is 0 Å². The molecule has 0 spiro atoms. The van der Waals surface area contributed by atoms with Gasteiger partial charge in [0, 0.05) is 48.3 Å². The number of hydrogen-bond donors (Lipinski definition) is 2. The average Bonchev–Trinajstić information content (AvgIpc) is 3.27. The second-order valence-electron chi connectivity index (χ2n) is 7.20. The number of halogens is 1. The molecule has 0 bridgehead atoms. The number of anilines is 2. The number of nitrogens with zero attached hydrogens (tertiary/aromatic N) is 1. The first-order valence-electron chi connectivity index (χ1n) is 10.0. The third-order valence-corrected chi connectivity index (χ3v) is 9.95. The Balaban J connectivity index is 0.00000342. The molecule has 1 aromatic heterocycles. The maximum Gasteiger partial charge on any atom is 0.271 e. The fraction of sp³-hybridized carbons (Fsp3) is 0.190. The summed E-state index contributed by atoms with van der Waals surface area (Å²) in [5.41, 5.74) is 0.545. The first kappa shape index (κ1) is 28.1. The van der Waals surface area contributed by atoms with E-state index in [9.17, 15) is 21.6 Å². The summed E-state index contributed by atoms with van der Waals surface area (Å²) in [6.07, 6.45) is 0. The van der Waals surface area contributed by atoms with E-state index in [1.807, 2.05) is 0 Å². The molecule has 2 N–H and O–H groups in total. The molecule has 0 aliphatic carbocycles. The number of para-hydroxylation sites is 1. The first-order chi connectivity index (χ1) is 16.2. The predicted molar refractivity (Wildman–Crippen MR) is 136 cm³/mol. The maximum absolute atomic E-state index is 12.9. The van der Waals surface area contributed by atoms with Crippen LogP contribution in [0.2, 0.25) is 4.34 Å². The van der Waals surface area contributed by atoms with E-state index in [1.54, 1.807) is 12.1 Å². The van der Waals surface area contributed by atoms with Gasteiger partial charge in [-0.15, -0.1) is 11.3 Å². The van der Waals surface area contributed by atoms with E-state index in [1.165, 1.54) is 52.8 Å². The van der Waals surface area contributed by atoms with Crippen LogP contribution in [-0.2, 0) is 24.8 Å². The summed E-state index contributed by atoms with van der Waals surface area (Å²) in [5.74, 6) is -0.564. The van der Waals surface area contributed by atoms with Crippen LogP contribution < -0.4 is 10.0 Å². The zero-order valence-electron chi connectivity index (χ0n) is 18.6. The number of hydrogen-bond acceptors (Lipinski definition) is 7. The summed E-state index contributed by atoms with van der Waals surface area (Å²) >= 11 is 6.74. The Morgan fingerprint density at radius 3 is 2.23 bits per heavy atom. The minimum atomic E-state index is -3.93. The summed E-state index contributed by atoms with van der Waals surface area (Å²) in [7, 11) is -7.59. The van der Waals surface area contributed by atoms with Gasteiger partial charge in [-0.3, -0.25) is 9.52 Å². The van der Waals surface area contributed by atoms with E-state index in [4.69, 9.17) is 16.3 Å². The Bertz CT molecular complexity index is 1410.